The highest BCUT2D eigenvalue weighted by atomic mass is 32.1. The van der Waals surface area contributed by atoms with Gasteiger partial charge >= 0.3 is 0 Å². The summed E-state index contributed by atoms with van der Waals surface area (Å²) in [5, 5.41) is 12.6. The van der Waals surface area contributed by atoms with Gasteiger partial charge in [0.25, 0.3) is 10.7 Å². The Morgan fingerprint density at radius 2 is 1.62 bits per heavy atom. The van der Waals surface area contributed by atoms with Crippen LogP contribution in [0, 0.1) is 18.7 Å². The molecule has 16 nitrogen and oxygen atoms in total. The molecule has 1 aliphatic rings. The van der Waals surface area contributed by atoms with E-state index in [4.69, 9.17) is 43.4 Å². The molecule has 4 atom stereocenters. The van der Waals surface area contributed by atoms with E-state index in [1.54, 1.807) is 30.3 Å². The molecule has 56 heavy (non-hydrogen) atoms. The first kappa shape index (κ1) is 41.5. The quantitative estimate of drug-likeness (QED) is 0.0965. The second-order valence-electron chi connectivity index (χ2n) is 13.6. The molecular formula is C39H49N9O7S. The lowest BCUT2D eigenvalue weighted by molar-refractivity contribution is -0.141. The number of nitrogens with two attached hydrogens (primary N) is 3. The molecule has 0 radical (unpaired) electrons. The molecule has 1 aromatic heterocycles. The minimum atomic E-state index is -1.31. The van der Waals surface area contributed by atoms with Crippen LogP contribution in [-0.2, 0) is 20.8 Å². The summed E-state index contributed by atoms with van der Waals surface area (Å²) in [6.45, 7) is 6.20. The first-order chi connectivity index (χ1) is 26.8. The number of aryl methyl sites for hydroxylation is 2. The van der Waals surface area contributed by atoms with Gasteiger partial charge in [-0.15, -0.1) is 0 Å². The molecule has 10 N–H and O–H groups in total. The van der Waals surface area contributed by atoms with Crippen molar-refractivity contribution in [1.82, 2.24) is 31.0 Å². The first-order valence-corrected chi connectivity index (χ1v) is 18.7. The molecule has 17 heteroatoms. The third-order valence-electron chi connectivity index (χ3n) is 9.37. The molecule has 298 valence electrons. The normalized spacial score (nSPS) is 17.5. The number of aromatic nitrogens is 2. The Balaban J connectivity index is 1.64. The van der Waals surface area contributed by atoms with Gasteiger partial charge in [-0.25, -0.2) is 0 Å². The van der Waals surface area contributed by atoms with Crippen LogP contribution in [0.2, 0.25) is 0 Å². The molecule has 0 saturated heterocycles. The Morgan fingerprint density at radius 1 is 0.946 bits per heavy atom. The number of carbonyl (C=O) groups is 4. The predicted octanol–water partition coefficient (Wildman–Crippen LogP) is 2.26. The van der Waals surface area contributed by atoms with Crippen molar-refractivity contribution in [2.75, 3.05) is 39.9 Å². The van der Waals surface area contributed by atoms with Gasteiger partial charge in [-0.1, -0.05) is 35.0 Å². The molecular weight excluding hydrogens is 739 g/mol. The Bertz CT molecular complexity index is 2120. The van der Waals surface area contributed by atoms with Crippen molar-refractivity contribution >= 4 is 35.8 Å². The number of amides is 4. The molecule has 5 rings (SSSR count). The number of benzene rings is 3. The fourth-order valence-electron chi connectivity index (χ4n) is 6.58. The second-order valence-corrected chi connectivity index (χ2v) is 14.0. The third-order valence-corrected chi connectivity index (χ3v) is 9.54. The maximum Gasteiger partial charge on any atom is 0.294 e. The Labute approximate surface area is 329 Å². The first-order valence-electron chi connectivity index (χ1n) is 18.3. The maximum absolute atomic E-state index is 14.5. The molecule has 0 saturated carbocycles. The molecule has 4 bridgehead atoms. The number of nitrogens with zero attached hydrogens (tertiary/aromatic N) is 2. The number of aromatic amines is 1. The number of H-pyrrole nitrogens is 1. The topological polar surface area (TPSA) is 246 Å². The van der Waals surface area contributed by atoms with E-state index in [0.29, 0.717) is 33.8 Å². The summed E-state index contributed by atoms with van der Waals surface area (Å²) in [4.78, 5) is 60.2. The lowest BCUT2D eigenvalue weighted by atomic mass is 9.93. The SMILES string of the molecule is Cc1ccc(C(=O)N[C@@H](CCN)C(=O)N(C)[C@@H]2C(=O)N[C@@H](C)C(=O)N[C@H](c3noc(=S)[nH]3)Cc3ccc(OCCN)c(c3)-c3cc2ccc3OCCN)c(C)c1. The van der Waals surface area contributed by atoms with Crippen LogP contribution in [0.25, 0.3) is 11.1 Å². The lowest BCUT2D eigenvalue weighted by Gasteiger charge is -2.32. The number of ether oxygens (including phenoxy) is 2. The van der Waals surface area contributed by atoms with Crippen LogP contribution in [0.1, 0.15) is 63.9 Å². The summed E-state index contributed by atoms with van der Waals surface area (Å²) < 4.78 is 17.3. The monoisotopic (exact) mass is 787 g/mol. The van der Waals surface area contributed by atoms with Crippen molar-refractivity contribution in [2.24, 2.45) is 17.2 Å². The highest BCUT2D eigenvalue weighted by Gasteiger charge is 2.36. The van der Waals surface area contributed by atoms with Gasteiger partial charge < -0.3 is 52.0 Å². The number of carbonyl (C=O) groups excluding carboxylic acids is 4. The van der Waals surface area contributed by atoms with Gasteiger partial charge in [-0.2, -0.15) is 0 Å². The van der Waals surface area contributed by atoms with Gasteiger partial charge in [-0.3, -0.25) is 24.2 Å². The zero-order valence-corrected chi connectivity index (χ0v) is 32.7. The number of likely N-dealkylation sites (N-methyl/N-ethyl adjacent to an activating group) is 1. The minimum absolute atomic E-state index is 0.0217. The van der Waals surface area contributed by atoms with E-state index in [1.807, 2.05) is 38.1 Å². The van der Waals surface area contributed by atoms with Crippen molar-refractivity contribution in [3.05, 3.63) is 93.1 Å². The second kappa shape index (κ2) is 18.8. The van der Waals surface area contributed by atoms with Crippen LogP contribution in [0.3, 0.4) is 0 Å². The van der Waals surface area contributed by atoms with Gasteiger partial charge in [0.05, 0.1) is 6.04 Å². The van der Waals surface area contributed by atoms with Crippen LogP contribution < -0.4 is 42.6 Å². The van der Waals surface area contributed by atoms with Crippen molar-refractivity contribution in [1.29, 1.82) is 0 Å². The number of fused-ring (bicyclic) bond motifs is 5. The largest absolute Gasteiger partial charge is 0.492 e. The van der Waals surface area contributed by atoms with Crippen LogP contribution in [-0.4, -0.2) is 90.6 Å². The fraction of sp³-hybridized carbons (Fsp3) is 0.385. The van der Waals surface area contributed by atoms with Crippen molar-refractivity contribution in [3.63, 3.8) is 0 Å². The summed E-state index contributed by atoms with van der Waals surface area (Å²) >= 11 is 5.12. The number of rotatable bonds is 13. The maximum atomic E-state index is 14.5. The summed E-state index contributed by atoms with van der Waals surface area (Å²) in [6, 6.07) is 11.8. The molecule has 1 aliphatic heterocycles. The Hall–Kier alpha value is -5.62. The van der Waals surface area contributed by atoms with Gasteiger partial charge in [0.1, 0.15) is 42.8 Å². The summed E-state index contributed by atoms with van der Waals surface area (Å²) in [5.74, 6) is -1.06. The number of nitrogens with one attached hydrogen (secondary N) is 4. The zero-order valence-electron chi connectivity index (χ0n) is 31.8. The summed E-state index contributed by atoms with van der Waals surface area (Å²) in [5.41, 5.74) is 22.0. The lowest BCUT2D eigenvalue weighted by Crippen LogP contribution is -2.53. The van der Waals surface area contributed by atoms with Crippen LogP contribution in [0.4, 0.5) is 0 Å². The Morgan fingerprint density at radius 3 is 2.25 bits per heavy atom. The van der Waals surface area contributed by atoms with E-state index in [9.17, 15) is 19.2 Å². The van der Waals surface area contributed by atoms with E-state index in [-0.39, 0.29) is 56.4 Å². The number of hydrogen-bond acceptors (Lipinski definition) is 12. The van der Waals surface area contributed by atoms with Gasteiger partial charge in [0.2, 0.25) is 17.7 Å². The number of hydrogen-bond donors (Lipinski definition) is 7. The van der Waals surface area contributed by atoms with Crippen LogP contribution >= 0.6 is 12.2 Å². The summed E-state index contributed by atoms with van der Waals surface area (Å²) in [7, 11) is 1.46. The van der Waals surface area contributed by atoms with Crippen molar-refractivity contribution in [2.45, 2.75) is 57.8 Å². The summed E-state index contributed by atoms with van der Waals surface area (Å²) in [6.07, 6.45) is 0.328. The predicted molar refractivity (Wildman–Crippen MR) is 211 cm³/mol. The smallest absolute Gasteiger partial charge is 0.294 e. The molecule has 0 aliphatic carbocycles. The van der Waals surface area contributed by atoms with Crippen LogP contribution in [0.15, 0.2) is 59.1 Å². The average Bonchev–Trinajstić information content (AvgIpc) is 3.61. The molecule has 2 heterocycles. The zero-order chi connectivity index (χ0) is 40.5. The van der Waals surface area contributed by atoms with Gasteiger partial charge in [0, 0.05) is 43.2 Å². The van der Waals surface area contributed by atoms with E-state index >= 15 is 0 Å². The minimum Gasteiger partial charge on any atom is -0.492 e. The van der Waals surface area contributed by atoms with E-state index in [0.717, 1.165) is 16.7 Å². The standard InChI is InChI=1S/C39H49N9O7S/c1-21-5-8-26(22(2)17-21)36(50)44-29(11-12-40)38(52)48(4)33-25-7-10-32(54-16-14-42)28(20-25)27-18-24(6-9-31(27)53-15-13-41)19-30(34-46-39(56)55-47-34)45-35(49)23(3)43-37(33)51/h5-10,17-18,20,23,29-30,33H,11-16,19,40-42H2,1-4H3,(H,43,51)(H,44,50)(H,45,49)(H,46,47,56)/t23-,29-,30-,33-/m0/s1. The third kappa shape index (κ3) is 9.78. The van der Waals surface area contributed by atoms with Gasteiger partial charge in [0.15, 0.2) is 5.82 Å². The van der Waals surface area contributed by atoms with Gasteiger partial charge in [-0.05, 0) is 93.0 Å². The molecule has 4 aromatic rings. The molecule has 0 spiro atoms. The highest BCUT2D eigenvalue weighted by molar-refractivity contribution is 7.71. The van der Waals surface area contributed by atoms with Crippen molar-refractivity contribution < 1.29 is 33.2 Å². The fourth-order valence-corrected chi connectivity index (χ4v) is 6.72. The molecule has 0 unspecified atom stereocenters. The molecule has 0 fully saturated rings. The molecule has 3 aromatic carbocycles. The van der Waals surface area contributed by atoms with Crippen LogP contribution in [0.5, 0.6) is 11.5 Å². The highest BCUT2D eigenvalue weighted by Crippen LogP contribution is 2.40. The average molecular weight is 788 g/mol. The van der Waals surface area contributed by atoms with E-state index in [2.05, 4.69) is 26.1 Å². The Kier molecular flexibility index (Phi) is 14.0. The van der Waals surface area contributed by atoms with E-state index in [1.165, 1.54) is 18.9 Å². The van der Waals surface area contributed by atoms with E-state index < -0.39 is 47.8 Å². The molecule has 4 amide bonds. The van der Waals surface area contributed by atoms with Crippen molar-refractivity contribution in [3.8, 4) is 22.6 Å².